The second kappa shape index (κ2) is 12.2. The van der Waals surface area contributed by atoms with Gasteiger partial charge in [0, 0.05) is 25.9 Å². The molecule has 9 nitrogen and oxygen atoms in total. The third-order valence-corrected chi connectivity index (χ3v) is 6.64. The summed E-state index contributed by atoms with van der Waals surface area (Å²) in [5.41, 5.74) is 7.72. The van der Waals surface area contributed by atoms with E-state index < -0.39 is 33.6 Å². The summed E-state index contributed by atoms with van der Waals surface area (Å²) in [6.45, 7) is 0.867. The SMILES string of the molecule is CS(=O)(=O)c1cccc(-c2ccc(C[C@@H](C#N)NC(=O)C3(N)CCOCC3)cc2)c1.O=C(O)C(F)(F)F. The Labute approximate surface area is 212 Å². The van der Waals surface area contributed by atoms with E-state index in [1.807, 2.05) is 30.3 Å². The maximum absolute atomic E-state index is 12.5. The molecule has 37 heavy (non-hydrogen) atoms. The first-order valence-corrected chi connectivity index (χ1v) is 12.8. The molecule has 1 aliphatic heterocycles. The summed E-state index contributed by atoms with van der Waals surface area (Å²) in [6.07, 6.45) is -2.70. The molecule has 1 fully saturated rings. The number of hydrogen-bond donors (Lipinski definition) is 3. The van der Waals surface area contributed by atoms with Crippen molar-refractivity contribution in [2.45, 2.75) is 41.9 Å². The van der Waals surface area contributed by atoms with E-state index in [1.165, 1.54) is 6.26 Å². The van der Waals surface area contributed by atoms with Gasteiger partial charge < -0.3 is 20.9 Å². The molecule has 1 amide bonds. The van der Waals surface area contributed by atoms with Crippen molar-refractivity contribution in [2.24, 2.45) is 5.73 Å². The molecule has 3 rings (SSSR count). The summed E-state index contributed by atoms with van der Waals surface area (Å²) >= 11 is 0. The summed E-state index contributed by atoms with van der Waals surface area (Å²) in [5.74, 6) is -3.08. The second-order valence-electron chi connectivity index (χ2n) is 8.43. The van der Waals surface area contributed by atoms with Crippen LogP contribution in [-0.2, 0) is 30.6 Å². The van der Waals surface area contributed by atoms with E-state index in [2.05, 4.69) is 11.4 Å². The number of carboxylic acids is 1. The smallest absolute Gasteiger partial charge is 0.475 e. The van der Waals surface area contributed by atoms with Gasteiger partial charge >= 0.3 is 12.1 Å². The van der Waals surface area contributed by atoms with Gasteiger partial charge in [0.1, 0.15) is 6.04 Å². The van der Waals surface area contributed by atoms with Crippen molar-refractivity contribution in [3.8, 4) is 17.2 Å². The van der Waals surface area contributed by atoms with Crippen LogP contribution in [0.1, 0.15) is 18.4 Å². The Morgan fingerprint density at radius 1 is 1.16 bits per heavy atom. The number of aliphatic carboxylic acids is 1. The highest BCUT2D eigenvalue weighted by molar-refractivity contribution is 7.90. The van der Waals surface area contributed by atoms with Crippen LogP contribution in [0.2, 0.25) is 0 Å². The molecule has 2 aromatic rings. The van der Waals surface area contributed by atoms with Crippen LogP contribution in [0.15, 0.2) is 53.4 Å². The molecule has 4 N–H and O–H groups in total. The molecule has 0 radical (unpaired) electrons. The van der Waals surface area contributed by atoms with Crippen LogP contribution in [0.25, 0.3) is 11.1 Å². The van der Waals surface area contributed by atoms with E-state index in [9.17, 15) is 31.6 Å². The van der Waals surface area contributed by atoms with Gasteiger partial charge in [-0.25, -0.2) is 13.2 Å². The minimum atomic E-state index is -5.08. The van der Waals surface area contributed by atoms with Crippen molar-refractivity contribution in [1.82, 2.24) is 5.32 Å². The van der Waals surface area contributed by atoms with Gasteiger partial charge in [-0.15, -0.1) is 0 Å². The van der Waals surface area contributed by atoms with Crippen molar-refractivity contribution >= 4 is 21.7 Å². The molecule has 0 spiro atoms. The number of carboxylic acid groups (broad SMARTS) is 1. The van der Waals surface area contributed by atoms with Gasteiger partial charge in [-0.2, -0.15) is 18.4 Å². The molecule has 0 saturated carbocycles. The van der Waals surface area contributed by atoms with Gasteiger partial charge in [0.25, 0.3) is 0 Å². The fourth-order valence-electron chi connectivity index (χ4n) is 3.37. The Balaban J connectivity index is 0.000000604. The molecule has 0 bridgehead atoms. The zero-order valence-corrected chi connectivity index (χ0v) is 20.6. The lowest BCUT2D eigenvalue weighted by Gasteiger charge is -2.32. The number of carbonyl (C=O) groups excluding carboxylic acids is 1. The predicted octanol–water partition coefficient (Wildman–Crippen LogP) is 2.45. The van der Waals surface area contributed by atoms with Crippen LogP contribution in [-0.4, -0.2) is 62.6 Å². The quantitative estimate of drug-likeness (QED) is 0.503. The highest BCUT2D eigenvalue weighted by Crippen LogP contribution is 2.24. The summed E-state index contributed by atoms with van der Waals surface area (Å²) in [7, 11) is -3.28. The van der Waals surface area contributed by atoms with Crippen molar-refractivity contribution in [3.63, 3.8) is 0 Å². The number of nitrogens with two attached hydrogens (primary N) is 1. The zero-order valence-electron chi connectivity index (χ0n) is 19.8. The van der Waals surface area contributed by atoms with Crippen LogP contribution in [0, 0.1) is 11.3 Å². The second-order valence-corrected chi connectivity index (χ2v) is 10.4. The number of carbonyl (C=O) groups is 2. The first-order valence-electron chi connectivity index (χ1n) is 10.9. The van der Waals surface area contributed by atoms with E-state index in [-0.39, 0.29) is 10.8 Å². The number of nitrogens with one attached hydrogen (secondary N) is 1. The lowest BCUT2D eigenvalue weighted by atomic mass is 9.90. The third-order valence-electron chi connectivity index (χ3n) is 5.53. The molecule has 1 heterocycles. The topological polar surface area (TPSA) is 160 Å². The average Bonchev–Trinajstić information content (AvgIpc) is 2.84. The van der Waals surface area contributed by atoms with Gasteiger partial charge in [0.2, 0.25) is 5.91 Å². The molecule has 0 aromatic heterocycles. The molecule has 200 valence electrons. The van der Waals surface area contributed by atoms with Gasteiger partial charge in [0.05, 0.1) is 16.5 Å². The molecule has 13 heteroatoms. The predicted molar refractivity (Wildman–Crippen MR) is 127 cm³/mol. The lowest BCUT2D eigenvalue weighted by Crippen LogP contribution is -2.58. The highest BCUT2D eigenvalue weighted by atomic mass is 32.2. The van der Waals surface area contributed by atoms with Gasteiger partial charge in [-0.1, -0.05) is 36.4 Å². The van der Waals surface area contributed by atoms with Gasteiger partial charge in [0.15, 0.2) is 9.84 Å². The van der Waals surface area contributed by atoms with Crippen molar-refractivity contribution < 1.29 is 41.0 Å². The number of halogens is 3. The fourth-order valence-corrected chi connectivity index (χ4v) is 4.04. The summed E-state index contributed by atoms with van der Waals surface area (Å²) < 4.78 is 60.5. The maximum Gasteiger partial charge on any atom is 0.490 e. The molecule has 2 aromatic carbocycles. The molecule has 0 aliphatic carbocycles. The number of nitriles is 1. The minimum Gasteiger partial charge on any atom is -0.475 e. The third kappa shape index (κ3) is 8.85. The number of ether oxygens (including phenoxy) is 1. The fraction of sp³-hybridized carbons (Fsp3) is 0.375. The molecular weight excluding hydrogens is 515 g/mol. The van der Waals surface area contributed by atoms with Crippen molar-refractivity contribution in [1.29, 1.82) is 5.26 Å². The zero-order chi connectivity index (χ0) is 27.9. The number of nitrogens with zero attached hydrogens (tertiary/aromatic N) is 1. The first-order chi connectivity index (χ1) is 17.2. The Hall–Kier alpha value is -3.47. The Bertz CT molecular complexity index is 1250. The Morgan fingerprint density at radius 2 is 1.73 bits per heavy atom. The minimum absolute atomic E-state index is 0.264. The lowest BCUT2D eigenvalue weighted by molar-refractivity contribution is -0.192. The van der Waals surface area contributed by atoms with Crippen LogP contribution < -0.4 is 11.1 Å². The van der Waals surface area contributed by atoms with Crippen LogP contribution in [0.4, 0.5) is 13.2 Å². The van der Waals surface area contributed by atoms with Crippen molar-refractivity contribution in [2.75, 3.05) is 19.5 Å². The van der Waals surface area contributed by atoms with E-state index in [0.29, 0.717) is 32.5 Å². The number of alkyl halides is 3. The van der Waals surface area contributed by atoms with Gasteiger partial charge in [-0.05, 0) is 41.7 Å². The Morgan fingerprint density at radius 3 is 2.22 bits per heavy atom. The number of rotatable bonds is 6. The Kier molecular flexibility index (Phi) is 9.80. The molecule has 0 unspecified atom stereocenters. The number of amides is 1. The molecular formula is C24H26F3N3O6S. The number of benzene rings is 2. The summed E-state index contributed by atoms with van der Waals surface area (Å²) in [4.78, 5) is 21.7. The normalized spacial score (nSPS) is 15.9. The van der Waals surface area contributed by atoms with E-state index >= 15 is 0 Å². The van der Waals surface area contributed by atoms with Crippen LogP contribution >= 0.6 is 0 Å². The number of sulfone groups is 1. The van der Waals surface area contributed by atoms with Crippen LogP contribution in [0.3, 0.4) is 0 Å². The first kappa shape index (κ1) is 29.8. The van der Waals surface area contributed by atoms with E-state index in [4.69, 9.17) is 20.4 Å². The molecule has 1 atom stereocenters. The van der Waals surface area contributed by atoms with E-state index in [0.717, 1.165) is 16.7 Å². The summed E-state index contributed by atoms with van der Waals surface area (Å²) in [5, 5.41) is 19.3. The molecule has 1 saturated heterocycles. The standard InChI is InChI=1S/C22H25N3O4S.C2HF3O2/c1-30(27,28)20-4-2-3-18(14-20)17-7-5-16(6-8-17)13-19(15-23)25-21(26)22(24)9-11-29-12-10-22;3-2(4,5)1(6)7/h2-8,14,19H,9-13,24H2,1H3,(H,25,26);(H,6,7)/t19-;/m0./s1. The molecule has 1 aliphatic rings. The van der Waals surface area contributed by atoms with Crippen molar-refractivity contribution in [3.05, 3.63) is 54.1 Å². The van der Waals surface area contributed by atoms with Crippen LogP contribution in [0.5, 0.6) is 0 Å². The highest BCUT2D eigenvalue weighted by Gasteiger charge is 2.38. The average molecular weight is 542 g/mol. The van der Waals surface area contributed by atoms with Gasteiger partial charge in [-0.3, -0.25) is 4.79 Å². The largest absolute Gasteiger partial charge is 0.490 e. The summed E-state index contributed by atoms with van der Waals surface area (Å²) in [6, 6.07) is 15.7. The van der Waals surface area contributed by atoms with E-state index in [1.54, 1.807) is 18.2 Å². The number of hydrogen-bond acceptors (Lipinski definition) is 7. The monoisotopic (exact) mass is 541 g/mol. The maximum atomic E-state index is 12.5.